The van der Waals surface area contributed by atoms with Crippen LogP contribution >= 0.6 is 0 Å². The molecule has 0 aliphatic rings. The number of rotatable bonds is 4. The summed E-state index contributed by atoms with van der Waals surface area (Å²) >= 11 is 0. The number of pyridine rings is 1. The van der Waals surface area contributed by atoms with Gasteiger partial charge in [0.25, 0.3) is 0 Å². The molecule has 0 saturated heterocycles. The number of nitrogens with zero attached hydrogens (tertiary/aromatic N) is 4. The summed E-state index contributed by atoms with van der Waals surface area (Å²) in [5, 5.41) is 26.2. The van der Waals surface area contributed by atoms with Crippen molar-refractivity contribution in [3.05, 3.63) is 78.0 Å². The van der Waals surface area contributed by atoms with Crippen LogP contribution in [-0.2, 0) is 0 Å². The van der Waals surface area contributed by atoms with Crippen LogP contribution in [0, 0.1) is 18.3 Å². The molecule has 2 N–H and O–H groups in total. The molecule has 0 saturated carbocycles. The number of nitrogens with one attached hydrogen (secondary N) is 1. The van der Waals surface area contributed by atoms with Crippen LogP contribution in [0.4, 0.5) is 11.6 Å². The van der Waals surface area contributed by atoms with Crippen LogP contribution in [0.5, 0.6) is 5.75 Å². The maximum absolute atomic E-state index is 9.69. The molecule has 0 unspecified atom stereocenters. The highest BCUT2D eigenvalue weighted by atomic mass is 16.3. The number of aromatic hydroxyl groups is 1. The van der Waals surface area contributed by atoms with Crippen LogP contribution in [0.15, 0.2) is 66.9 Å². The summed E-state index contributed by atoms with van der Waals surface area (Å²) in [6.45, 7) is 2.00. The molecule has 6 nitrogen and oxygen atoms in total. The second-order valence-corrected chi connectivity index (χ2v) is 6.79. The van der Waals surface area contributed by atoms with Crippen molar-refractivity contribution in [2.75, 3.05) is 11.9 Å². The van der Waals surface area contributed by atoms with Crippen LogP contribution in [0.3, 0.4) is 0 Å². The van der Waals surface area contributed by atoms with Gasteiger partial charge in [0.1, 0.15) is 11.6 Å². The highest BCUT2D eigenvalue weighted by Crippen LogP contribution is 2.30. The third-order valence-electron chi connectivity index (χ3n) is 4.82. The molecule has 0 spiro atoms. The molecule has 2 aromatic heterocycles. The lowest BCUT2D eigenvalue weighted by molar-refractivity contribution is 0.475. The van der Waals surface area contributed by atoms with Gasteiger partial charge in [-0.1, -0.05) is 18.2 Å². The molecule has 2 aromatic carbocycles. The Morgan fingerprint density at radius 1 is 1.00 bits per heavy atom. The molecular weight excluding hydrogens is 362 g/mol. The van der Waals surface area contributed by atoms with Crippen molar-refractivity contribution in [3.8, 4) is 34.2 Å². The van der Waals surface area contributed by atoms with E-state index in [1.165, 1.54) is 0 Å². The number of phenols is 1. The van der Waals surface area contributed by atoms with Crippen molar-refractivity contribution < 1.29 is 5.11 Å². The van der Waals surface area contributed by atoms with Crippen molar-refractivity contribution in [2.45, 2.75) is 6.92 Å². The summed E-state index contributed by atoms with van der Waals surface area (Å²) < 4.78 is 0. The van der Waals surface area contributed by atoms with E-state index in [0.717, 1.165) is 33.8 Å². The topological polar surface area (TPSA) is 88.8 Å². The number of anilines is 2. The van der Waals surface area contributed by atoms with Crippen molar-refractivity contribution in [3.63, 3.8) is 0 Å². The number of benzene rings is 2. The Morgan fingerprint density at radius 2 is 1.86 bits per heavy atom. The molecule has 4 aromatic rings. The molecule has 2 heterocycles. The maximum Gasteiger partial charge on any atom is 0.156 e. The lowest BCUT2D eigenvalue weighted by Gasteiger charge is -2.16. The van der Waals surface area contributed by atoms with Crippen LogP contribution in [0.25, 0.3) is 22.4 Å². The van der Waals surface area contributed by atoms with E-state index in [0.29, 0.717) is 11.4 Å². The number of hydrogen-bond acceptors (Lipinski definition) is 5. The van der Waals surface area contributed by atoms with Gasteiger partial charge in [-0.3, -0.25) is 5.10 Å². The van der Waals surface area contributed by atoms with Crippen LogP contribution in [0.2, 0.25) is 0 Å². The molecule has 0 aliphatic carbocycles. The van der Waals surface area contributed by atoms with Gasteiger partial charge in [0.05, 0.1) is 17.3 Å². The normalized spacial score (nSPS) is 10.5. The largest absolute Gasteiger partial charge is 0.508 e. The number of phenolic OH excluding ortho intramolecular Hbond substituents is 1. The minimum Gasteiger partial charge on any atom is -0.508 e. The third kappa shape index (κ3) is 3.66. The first-order valence-electron chi connectivity index (χ1n) is 9.11. The minimum atomic E-state index is 0.208. The molecule has 0 fully saturated rings. The Kier molecular flexibility index (Phi) is 4.71. The fraction of sp³-hybridized carbons (Fsp3) is 0.0870. The summed E-state index contributed by atoms with van der Waals surface area (Å²) in [4.78, 5) is 6.37. The highest BCUT2D eigenvalue weighted by molar-refractivity contribution is 5.73. The van der Waals surface area contributed by atoms with Gasteiger partial charge >= 0.3 is 0 Å². The Hall–Kier alpha value is -4.11. The Labute approximate surface area is 168 Å². The average Bonchev–Trinajstić information content (AvgIpc) is 3.23. The van der Waals surface area contributed by atoms with Crippen molar-refractivity contribution in [1.82, 2.24) is 15.2 Å². The SMILES string of the molecule is Cc1cc(C#N)ccc1-c1ccnc(N(C)c2cc(-c3cccc(O)c3)[nH]n2)c1. The summed E-state index contributed by atoms with van der Waals surface area (Å²) in [6.07, 6.45) is 1.77. The summed E-state index contributed by atoms with van der Waals surface area (Å²) in [6, 6.07) is 20.7. The number of aromatic amines is 1. The molecule has 0 aliphatic heterocycles. The van der Waals surface area contributed by atoms with Crippen molar-refractivity contribution >= 4 is 11.6 Å². The summed E-state index contributed by atoms with van der Waals surface area (Å²) in [5.41, 5.74) is 5.42. The Balaban J connectivity index is 1.64. The molecule has 0 bridgehead atoms. The van der Waals surface area contributed by atoms with E-state index in [9.17, 15) is 5.11 Å². The third-order valence-corrected chi connectivity index (χ3v) is 4.82. The zero-order chi connectivity index (χ0) is 20.4. The van der Waals surface area contributed by atoms with Crippen molar-refractivity contribution in [1.29, 1.82) is 5.26 Å². The number of aryl methyl sites for hydroxylation is 1. The first-order chi connectivity index (χ1) is 14.0. The van der Waals surface area contributed by atoms with E-state index in [4.69, 9.17) is 5.26 Å². The van der Waals surface area contributed by atoms with Gasteiger partial charge in [-0.25, -0.2) is 4.98 Å². The van der Waals surface area contributed by atoms with Gasteiger partial charge in [-0.2, -0.15) is 10.4 Å². The van der Waals surface area contributed by atoms with Gasteiger partial charge in [0, 0.05) is 24.9 Å². The molecule has 142 valence electrons. The summed E-state index contributed by atoms with van der Waals surface area (Å²) in [5.74, 6) is 1.67. The predicted octanol–water partition coefficient (Wildman–Crippen LogP) is 4.79. The van der Waals surface area contributed by atoms with E-state index >= 15 is 0 Å². The zero-order valence-electron chi connectivity index (χ0n) is 16.1. The fourth-order valence-corrected chi connectivity index (χ4v) is 3.25. The molecular formula is C23H19N5O. The number of nitriles is 1. The summed E-state index contributed by atoms with van der Waals surface area (Å²) in [7, 11) is 1.90. The molecule has 0 radical (unpaired) electrons. The molecule has 0 amide bonds. The standard InChI is InChI=1S/C23H19N5O/c1-15-10-16(14-24)6-7-20(15)17-8-9-25-22(12-17)28(2)23-13-21(26-27-23)18-4-3-5-19(29)11-18/h3-13,29H,1-2H3,(H,26,27). The smallest absolute Gasteiger partial charge is 0.156 e. The lowest BCUT2D eigenvalue weighted by Crippen LogP contribution is -2.11. The van der Waals surface area contributed by atoms with Crippen LogP contribution < -0.4 is 4.90 Å². The molecule has 0 atom stereocenters. The van der Waals surface area contributed by atoms with Gasteiger partial charge in [-0.15, -0.1) is 0 Å². The number of aromatic nitrogens is 3. The van der Waals surface area contributed by atoms with Gasteiger partial charge in [0.15, 0.2) is 5.82 Å². The minimum absolute atomic E-state index is 0.208. The Bertz CT molecular complexity index is 1220. The van der Waals surface area contributed by atoms with Gasteiger partial charge in [0.2, 0.25) is 0 Å². The van der Waals surface area contributed by atoms with E-state index in [2.05, 4.69) is 21.3 Å². The Morgan fingerprint density at radius 3 is 2.62 bits per heavy atom. The van der Waals surface area contributed by atoms with E-state index < -0.39 is 0 Å². The van der Waals surface area contributed by atoms with Crippen LogP contribution in [-0.4, -0.2) is 27.3 Å². The lowest BCUT2D eigenvalue weighted by atomic mass is 9.99. The second-order valence-electron chi connectivity index (χ2n) is 6.79. The van der Waals surface area contributed by atoms with E-state index in [1.54, 1.807) is 24.4 Å². The number of H-pyrrole nitrogens is 1. The fourth-order valence-electron chi connectivity index (χ4n) is 3.25. The van der Waals surface area contributed by atoms with Crippen LogP contribution in [0.1, 0.15) is 11.1 Å². The van der Waals surface area contributed by atoms with Gasteiger partial charge < -0.3 is 10.0 Å². The van der Waals surface area contributed by atoms with E-state index in [-0.39, 0.29) is 5.75 Å². The zero-order valence-corrected chi connectivity index (χ0v) is 16.1. The predicted molar refractivity (Wildman–Crippen MR) is 113 cm³/mol. The number of hydrogen-bond donors (Lipinski definition) is 2. The highest BCUT2D eigenvalue weighted by Gasteiger charge is 2.13. The molecule has 29 heavy (non-hydrogen) atoms. The first kappa shape index (κ1) is 18.3. The second kappa shape index (κ2) is 7.49. The van der Waals surface area contributed by atoms with Crippen molar-refractivity contribution in [2.24, 2.45) is 0 Å². The first-order valence-corrected chi connectivity index (χ1v) is 9.11. The molecule has 6 heteroatoms. The van der Waals surface area contributed by atoms with Gasteiger partial charge in [-0.05, 0) is 60.0 Å². The maximum atomic E-state index is 9.69. The quantitative estimate of drug-likeness (QED) is 0.530. The molecule has 4 rings (SSSR count). The van der Waals surface area contributed by atoms with E-state index in [1.807, 2.05) is 61.3 Å². The average molecular weight is 381 g/mol. The monoisotopic (exact) mass is 381 g/mol.